The molecule has 24 heavy (non-hydrogen) atoms. The van der Waals surface area contributed by atoms with Crippen molar-refractivity contribution in [1.82, 2.24) is 24.9 Å². The predicted molar refractivity (Wildman–Crippen MR) is 93.3 cm³/mol. The first-order chi connectivity index (χ1) is 11.6. The van der Waals surface area contributed by atoms with Gasteiger partial charge in [-0.3, -0.25) is 9.48 Å². The van der Waals surface area contributed by atoms with Gasteiger partial charge in [-0.15, -0.1) is 0 Å². The van der Waals surface area contributed by atoms with E-state index in [0.717, 1.165) is 64.2 Å². The molecular weight excluding hydrogens is 326 g/mol. The lowest BCUT2D eigenvalue weighted by molar-refractivity contribution is 0.0768. The lowest BCUT2D eigenvalue weighted by Crippen LogP contribution is -2.50. The molecule has 0 radical (unpaired) electrons. The summed E-state index contributed by atoms with van der Waals surface area (Å²) in [6.45, 7) is 5.26. The molecular formula is C17H26ClN5O. The molecule has 3 aliphatic rings. The summed E-state index contributed by atoms with van der Waals surface area (Å²) >= 11 is 6.56. The van der Waals surface area contributed by atoms with Gasteiger partial charge in [-0.25, -0.2) is 0 Å². The SMILES string of the molecule is CN1CCCn2nc(C(=O)N3CCC4(CCCCN4)C3)c(Cl)c2C1. The molecule has 2 saturated heterocycles. The highest BCUT2D eigenvalue weighted by molar-refractivity contribution is 6.34. The van der Waals surface area contributed by atoms with Gasteiger partial charge in [0.2, 0.25) is 0 Å². The van der Waals surface area contributed by atoms with Crippen LogP contribution in [0.5, 0.6) is 0 Å². The van der Waals surface area contributed by atoms with Crippen LogP contribution in [0.4, 0.5) is 0 Å². The summed E-state index contributed by atoms with van der Waals surface area (Å²) in [7, 11) is 2.08. The number of hydrogen-bond acceptors (Lipinski definition) is 4. The zero-order chi connectivity index (χ0) is 16.7. The monoisotopic (exact) mass is 351 g/mol. The molecule has 2 fully saturated rings. The van der Waals surface area contributed by atoms with Crippen LogP contribution in [-0.2, 0) is 13.1 Å². The third kappa shape index (κ3) is 2.85. The summed E-state index contributed by atoms with van der Waals surface area (Å²) < 4.78 is 1.93. The van der Waals surface area contributed by atoms with Gasteiger partial charge in [0.1, 0.15) is 0 Å². The molecule has 1 aromatic rings. The Morgan fingerprint density at radius 1 is 1.21 bits per heavy atom. The van der Waals surface area contributed by atoms with Gasteiger partial charge in [0.05, 0.1) is 10.7 Å². The fraction of sp³-hybridized carbons (Fsp3) is 0.765. The number of carbonyl (C=O) groups is 1. The molecule has 4 rings (SSSR count). The van der Waals surface area contributed by atoms with Gasteiger partial charge in [-0.2, -0.15) is 5.10 Å². The van der Waals surface area contributed by atoms with E-state index in [-0.39, 0.29) is 11.4 Å². The van der Waals surface area contributed by atoms with Crippen molar-refractivity contribution < 1.29 is 4.79 Å². The minimum atomic E-state index is -0.00697. The first-order valence-electron chi connectivity index (χ1n) is 9.06. The molecule has 0 aliphatic carbocycles. The second kappa shape index (κ2) is 6.32. The number of amides is 1. The highest BCUT2D eigenvalue weighted by Crippen LogP contribution is 2.32. The van der Waals surface area contributed by atoms with Gasteiger partial charge in [0.15, 0.2) is 5.69 Å². The van der Waals surface area contributed by atoms with E-state index in [0.29, 0.717) is 10.7 Å². The third-order valence-electron chi connectivity index (χ3n) is 5.75. The van der Waals surface area contributed by atoms with Gasteiger partial charge in [-0.1, -0.05) is 18.0 Å². The maximum atomic E-state index is 13.0. The van der Waals surface area contributed by atoms with Crippen LogP contribution in [0.3, 0.4) is 0 Å². The summed E-state index contributed by atoms with van der Waals surface area (Å²) in [6.07, 6.45) is 5.72. The number of nitrogens with zero attached hydrogens (tertiary/aromatic N) is 4. The van der Waals surface area contributed by atoms with Crippen LogP contribution in [0.25, 0.3) is 0 Å². The number of piperidine rings is 1. The maximum Gasteiger partial charge on any atom is 0.275 e. The van der Waals surface area contributed by atoms with Gasteiger partial charge < -0.3 is 15.1 Å². The van der Waals surface area contributed by atoms with Crippen molar-refractivity contribution in [2.45, 2.75) is 50.7 Å². The zero-order valence-corrected chi connectivity index (χ0v) is 15.1. The summed E-state index contributed by atoms with van der Waals surface area (Å²) in [5, 5.41) is 8.77. The van der Waals surface area contributed by atoms with E-state index in [2.05, 4.69) is 22.4 Å². The van der Waals surface area contributed by atoms with Crippen molar-refractivity contribution in [2.75, 3.05) is 33.2 Å². The predicted octanol–water partition coefficient (Wildman–Crippen LogP) is 1.73. The van der Waals surface area contributed by atoms with Crippen LogP contribution in [0.15, 0.2) is 0 Å². The highest BCUT2D eigenvalue weighted by atomic mass is 35.5. The number of aromatic nitrogens is 2. The van der Waals surface area contributed by atoms with E-state index in [9.17, 15) is 4.79 Å². The number of rotatable bonds is 1. The van der Waals surface area contributed by atoms with Crippen LogP contribution in [-0.4, -0.2) is 64.3 Å². The second-order valence-electron chi connectivity index (χ2n) is 7.56. The number of fused-ring (bicyclic) bond motifs is 1. The molecule has 7 heteroatoms. The van der Waals surface area contributed by atoms with Gasteiger partial charge in [-0.05, 0) is 39.3 Å². The Bertz CT molecular complexity index is 637. The van der Waals surface area contributed by atoms with Crippen LogP contribution in [0, 0.1) is 0 Å². The number of carbonyl (C=O) groups excluding carboxylic acids is 1. The van der Waals surface area contributed by atoms with Crippen molar-refractivity contribution in [2.24, 2.45) is 0 Å². The largest absolute Gasteiger partial charge is 0.335 e. The quantitative estimate of drug-likeness (QED) is 0.837. The molecule has 0 aromatic carbocycles. The molecule has 6 nitrogen and oxygen atoms in total. The fourth-order valence-corrected chi connectivity index (χ4v) is 4.62. The Labute approximate surface area is 148 Å². The Hall–Kier alpha value is -1.11. The normalized spacial score (nSPS) is 28.2. The Morgan fingerprint density at radius 3 is 2.88 bits per heavy atom. The van der Waals surface area contributed by atoms with Gasteiger partial charge in [0.25, 0.3) is 5.91 Å². The summed E-state index contributed by atoms with van der Waals surface area (Å²) in [4.78, 5) is 17.2. The third-order valence-corrected chi connectivity index (χ3v) is 6.15. The molecule has 132 valence electrons. The van der Waals surface area contributed by atoms with E-state index in [1.807, 2.05) is 9.58 Å². The Morgan fingerprint density at radius 2 is 2.08 bits per heavy atom. The molecule has 1 unspecified atom stereocenters. The van der Waals surface area contributed by atoms with Gasteiger partial charge >= 0.3 is 0 Å². The van der Waals surface area contributed by atoms with Crippen molar-refractivity contribution in [3.63, 3.8) is 0 Å². The van der Waals surface area contributed by atoms with E-state index >= 15 is 0 Å². The van der Waals surface area contributed by atoms with Crippen LogP contribution < -0.4 is 5.32 Å². The standard InChI is InChI=1S/C17H26ClN5O/c1-21-8-4-9-23-13(11-21)14(18)15(20-23)16(24)22-10-6-17(12-22)5-2-3-7-19-17/h19H,2-12H2,1H3. The van der Waals surface area contributed by atoms with E-state index < -0.39 is 0 Å². The fourth-order valence-electron chi connectivity index (χ4n) is 4.35. The number of likely N-dealkylation sites (tertiary alicyclic amines) is 1. The summed E-state index contributed by atoms with van der Waals surface area (Å²) in [5.74, 6) is -0.00697. The average molecular weight is 352 g/mol. The average Bonchev–Trinajstić information content (AvgIpc) is 3.05. The lowest BCUT2D eigenvalue weighted by atomic mass is 9.88. The molecule has 1 atom stereocenters. The Kier molecular flexibility index (Phi) is 4.31. The molecule has 1 amide bonds. The van der Waals surface area contributed by atoms with Crippen molar-refractivity contribution >= 4 is 17.5 Å². The number of hydrogen-bond donors (Lipinski definition) is 1. The molecule has 3 aliphatic heterocycles. The minimum absolute atomic E-state index is 0.00697. The number of nitrogens with one attached hydrogen (secondary N) is 1. The second-order valence-corrected chi connectivity index (χ2v) is 7.94. The van der Waals surface area contributed by atoms with E-state index in [1.54, 1.807) is 0 Å². The smallest absolute Gasteiger partial charge is 0.275 e. The molecule has 4 heterocycles. The van der Waals surface area contributed by atoms with Crippen LogP contribution in [0.1, 0.15) is 48.3 Å². The Balaban J connectivity index is 1.54. The first kappa shape index (κ1) is 16.4. The number of halogens is 1. The minimum Gasteiger partial charge on any atom is -0.335 e. The lowest BCUT2D eigenvalue weighted by Gasteiger charge is -2.34. The molecule has 1 aromatic heterocycles. The molecule has 1 spiro atoms. The molecule has 1 N–H and O–H groups in total. The van der Waals surface area contributed by atoms with Crippen molar-refractivity contribution in [1.29, 1.82) is 0 Å². The van der Waals surface area contributed by atoms with E-state index in [1.165, 1.54) is 12.8 Å². The van der Waals surface area contributed by atoms with Crippen molar-refractivity contribution in [3.05, 3.63) is 16.4 Å². The topological polar surface area (TPSA) is 53.4 Å². The van der Waals surface area contributed by atoms with Gasteiger partial charge in [0, 0.05) is 38.3 Å². The maximum absolute atomic E-state index is 13.0. The molecule has 0 bridgehead atoms. The summed E-state index contributed by atoms with van der Waals surface area (Å²) in [5.41, 5.74) is 1.54. The van der Waals surface area contributed by atoms with E-state index in [4.69, 9.17) is 11.6 Å². The van der Waals surface area contributed by atoms with Crippen LogP contribution in [0.2, 0.25) is 5.02 Å². The highest BCUT2D eigenvalue weighted by Gasteiger charge is 2.41. The first-order valence-corrected chi connectivity index (χ1v) is 9.44. The van der Waals surface area contributed by atoms with Crippen LogP contribution >= 0.6 is 11.6 Å². The number of aryl methyl sites for hydroxylation is 1. The summed E-state index contributed by atoms with van der Waals surface area (Å²) in [6, 6.07) is 0. The van der Waals surface area contributed by atoms with Crippen molar-refractivity contribution in [3.8, 4) is 0 Å². The molecule has 0 saturated carbocycles. The zero-order valence-electron chi connectivity index (χ0n) is 14.4.